The number of anilines is 1. The monoisotopic (exact) mass is 470 g/mol. The molecule has 3 rings (SSSR count). The maximum Gasteiger partial charge on any atom is 0.416 e. The molecule has 1 atom stereocenters. The van der Waals surface area contributed by atoms with E-state index in [2.05, 4.69) is 5.32 Å². The maximum atomic E-state index is 13.8. The third-order valence-corrected chi connectivity index (χ3v) is 5.96. The van der Waals surface area contributed by atoms with Crippen molar-refractivity contribution in [1.29, 1.82) is 0 Å². The van der Waals surface area contributed by atoms with Crippen LogP contribution < -0.4 is 15.0 Å². The molecule has 3 aromatic carbocycles. The molecule has 0 aliphatic heterocycles. The zero-order valence-electron chi connectivity index (χ0n) is 19.7. The second-order valence-electron chi connectivity index (χ2n) is 8.17. The summed E-state index contributed by atoms with van der Waals surface area (Å²) in [5, 5.41) is 3.10. The molecular weight excluding hydrogens is 441 g/mol. The molecule has 1 N–H and O–H groups in total. The molecular formula is C27H29F3N2O2. The number of methoxy groups -OCH3 is 1. The van der Waals surface area contributed by atoms with E-state index in [9.17, 15) is 18.0 Å². The molecule has 34 heavy (non-hydrogen) atoms. The average Bonchev–Trinajstić information content (AvgIpc) is 2.82. The first-order chi connectivity index (χ1) is 16.2. The smallest absolute Gasteiger partial charge is 0.416 e. The van der Waals surface area contributed by atoms with Crippen molar-refractivity contribution in [3.8, 4) is 5.75 Å². The standard InChI is InChI=1S/C27H29F3N2O2/c1-18-9-14-22(17-19(18)2)32(16-15-20-10-12-21(13-11-20)27(28,29)30)26(33)25(31-3)23-7-5-6-8-24(23)34-4/h5-14,17,25,31H,15-16H2,1-4H3/t25-/m1/s1. The van der Waals surface area contributed by atoms with Crippen LogP contribution >= 0.6 is 0 Å². The number of hydrogen-bond acceptors (Lipinski definition) is 3. The molecule has 1 amide bonds. The van der Waals surface area contributed by atoms with Gasteiger partial charge >= 0.3 is 6.18 Å². The Bertz CT molecular complexity index is 1130. The van der Waals surface area contributed by atoms with E-state index in [-0.39, 0.29) is 5.91 Å². The van der Waals surface area contributed by atoms with E-state index in [1.165, 1.54) is 12.1 Å². The fourth-order valence-corrected chi connectivity index (χ4v) is 3.83. The molecule has 3 aromatic rings. The number of ether oxygens (including phenoxy) is 1. The van der Waals surface area contributed by atoms with Crippen LogP contribution in [0.4, 0.5) is 18.9 Å². The summed E-state index contributed by atoms with van der Waals surface area (Å²) in [6.07, 6.45) is -3.98. The largest absolute Gasteiger partial charge is 0.496 e. The third kappa shape index (κ3) is 5.78. The van der Waals surface area contributed by atoms with Crippen molar-refractivity contribution < 1.29 is 22.7 Å². The number of para-hydroxylation sites is 1. The van der Waals surface area contributed by atoms with Crippen molar-refractivity contribution in [2.24, 2.45) is 0 Å². The lowest BCUT2D eigenvalue weighted by molar-refractivity contribution is -0.137. The Morgan fingerprint density at radius 1 is 1.00 bits per heavy atom. The fraction of sp³-hybridized carbons (Fsp3) is 0.296. The van der Waals surface area contributed by atoms with Gasteiger partial charge < -0.3 is 15.0 Å². The summed E-state index contributed by atoms with van der Waals surface area (Å²) in [5.74, 6) is 0.417. The number of benzene rings is 3. The number of carbonyl (C=O) groups is 1. The van der Waals surface area contributed by atoms with Crippen LogP contribution in [0.1, 0.15) is 33.9 Å². The van der Waals surface area contributed by atoms with Gasteiger partial charge in [0.15, 0.2) is 0 Å². The van der Waals surface area contributed by atoms with Gasteiger partial charge in [0.1, 0.15) is 11.8 Å². The van der Waals surface area contributed by atoms with Crippen molar-refractivity contribution in [2.75, 3.05) is 25.6 Å². The van der Waals surface area contributed by atoms with Crippen LogP contribution in [0.15, 0.2) is 66.7 Å². The molecule has 0 heterocycles. The number of nitrogens with zero attached hydrogens (tertiary/aromatic N) is 1. The van der Waals surface area contributed by atoms with Crippen LogP contribution in [0, 0.1) is 13.8 Å². The maximum absolute atomic E-state index is 13.8. The lowest BCUT2D eigenvalue weighted by Gasteiger charge is -2.29. The SMILES string of the molecule is CN[C@@H](C(=O)N(CCc1ccc(C(F)(F)F)cc1)c1ccc(C)c(C)c1)c1ccccc1OC. The summed E-state index contributed by atoms with van der Waals surface area (Å²) >= 11 is 0. The predicted octanol–water partition coefficient (Wildman–Crippen LogP) is 5.87. The molecule has 0 bridgehead atoms. The average molecular weight is 471 g/mol. The number of halogens is 3. The quantitative estimate of drug-likeness (QED) is 0.448. The molecule has 0 fully saturated rings. The normalized spacial score (nSPS) is 12.3. The van der Waals surface area contributed by atoms with Crippen molar-refractivity contribution in [3.05, 3.63) is 94.5 Å². The van der Waals surface area contributed by atoms with Gasteiger partial charge in [0.05, 0.1) is 12.7 Å². The van der Waals surface area contributed by atoms with Gasteiger partial charge in [-0.25, -0.2) is 0 Å². The highest BCUT2D eigenvalue weighted by Gasteiger charge is 2.30. The van der Waals surface area contributed by atoms with Crippen LogP contribution in [0.2, 0.25) is 0 Å². The first kappa shape index (κ1) is 25.3. The van der Waals surface area contributed by atoms with Gasteiger partial charge in [0.2, 0.25) is 5.91 Å². The van der Waals surface area contributed by atoms with E-state index in [0.717, 1.165) is 28.9 Å². The summed E-state index contributed by atoms with van der Waals surface area (Å²) in [4.78, 5) is 15.5. The minimum atomic E-state index is -4.38. The highest BCUT2D eigenvalue weighted by Crippen LogP contribution is 2.30. The van der Waals surface area contributed by atoms with Gasteiger partial charge in [0, 0.05) is 17.8 Å². The number of aryl methyl sites for hydroxylation is 2. The highest BCUT2D eigenvalue weighted by atomic mass is 19.4. The Kier molecular flexibility index (Phi) is 7.99. The Morgan fingerprint density at radius 3 is 2.26 bits per heavy atom. The van der Waals surface area contributed by atoms with Gasteiger partial charge in [-0.1, -0.05) is 36.4 Å². The van der Waals surface area contributed by atoms with Crippen molar-refractivity contribution in [2.45, 2.75) is 32.5 Å². The van der Waals surface area contributed by atoms with E-state index in [4.69, 9.17) is 4.74 Å². The first-order valence-corrected chi connectivity index (χ1v) is 11.0. The molecule has 0 saturated carbocycles. The van der Waals surface area contributed by atoms with Crippen molar-refractivity contribution >= 4 is 11.6 Å². The van der Waals surface area contributed by atoms with Gasteiger partial charge in [-0.05, 0) is 74.3 Å². The highest BCUT2D eigenvalue weighted by molar-refractivity contribution is 5.98. The summed E-state index contributed by atoms with van der Waals surface area (Å²) in [7, 11) is 3.27. The second-order valence-corrected chi connectivity index (χ2v) is 8.17. The topological polar surface area (TPSA) is 41.6 Å². The van der Waals surface area contributed by atoms with E-state index in [0.29, 0.717) is 29.8 Å². The summed E-state index contributed by atoms with van der Waals surface area (Å²) < 4.78 is 44.2. The zero-order chi connectivity index (χ0) is 24.9. The summed E-state index contributed by atoms with van der Waals surface area (Å²) in [6.45, 7) is 4.28. The number of nitrogens with one attached hydrogen (secondary N) is 1. The van der Waals surface area contributed by atoms with Crippen LogP contribution in [0.25, 0.3) is 0 Å². The van der Waals surface area contributed by atoms with Gasteiger partial charge in [0.25, 0.3) is 0 Å². The molecule has 0 saturated heterocycles. The van der Waals surface area contributed by atoms with Crippen molar-refractivity contribution in [3.63, 3.8) is 0 Å². The van der Waals surface area contributed by atoms with Gasteiger partial charge in [-0.2, -0.15) is 13.2 Å². The Morgan fingerprint density at radius 2 is 1.68 bits per heavy atom. The van der Waals surface area contributed by atoms with E-state index >= 15 is 0 Å². The molecule has 0 unspecified atom stereocenters. The van der Waals surface area contributed by atoms with Gasteiger partial charge in [-0.3, -0.25) is 4.79 Å². The molecule has 0 spiro atoms. The number of rotatable bonds is 8. The number of alkyl halides is 3. The lowest BCUT2D eigenvalue weighted by Crippen LogP contribution is -2.41. The molecule has 0 aliphatic carbocycles. The third-order valence-electron chi connectivity index (χ3n) is 5.96. The number of carbonyl (C=O) groups excluding carboxylic acids is 1. The van der Waals surface area contributed by atoms with E-state index < -0.39 is 17.8 Å². The van der Waals surface area contributed by atoms with Crippen LogP contribution in [0.3, 0.4) is 0 Å². The Hall–Kier alpha value is -3.32. The number of likely N-dealkylation sites (N-methyl/N-ethyl adjacent to an activating group) is 1. The summed E-state index contributed by atoms with van der Waals surface area (Å²) in [6, 6.07) is 17.5. The second kappa shape index (κ2) is 10.7. The number of amides is 1. The van der Waals surface area contributed by atoms with Crippen molar-refractivity contribution in [1.82, 2.24) is 5.32 Å². The molecule has 0 aromatic heterocycles. The van der Waals surface area contributed by atoms with Gasteiger partial charge in [-0.15, -0.1) is 0 Å². The number of hydrogen-bond donors (Lipinski definition) is 1. The molecule has 0 aliphatic rings. The Balaban J connectivity index is 1.93. The molecule has 180 valence electrons. The molecule has 7 heteroatoms. The zero-order valence-corrected chi connectivity index (χ0v) is 19.7. The van der Waals surface area contributed by atoms with E-state index in [1.54, 1.807) is 25.1 Å². The fourth-order valence-electron chi connectivity index (χ4n) is 3.83. The minimum Gasteiger partial charge on any atom is -0.496 e. The Labute approximate surface area is 198 Å². The minimum absolute atomic E-state index is 0.179. The van der Waals surface area contributed by atoms with Crippen LogP contribution in [0.5, 0.6) is 5.75 Å². The van der Waals surface area contributed by atoms with E-state index in [1.807, 2.05) is 50.2 Å². The van der Waals surface area contributed by atoms with Crippen LogP contribution in [-0.4, -0.2) is 26.6 Å². The predicted molar refractivity (Wildman–Crippen MR) is 128 cm³/mol. The molecule has 4 nitrogen and oxygen atoms in total. The molecule has 0 radical (unpaired) electrons. The lowest BCUT2D eigenvalue weighted by atomic mass is 10.0. The summed E-state index contributed by atoms with van der Waals surface area (Å²) in [5.41, 5.74) is 3.62. The first-order valence-electron chi connectivity index (χ1n) is 11.0. The van der Waals surface area contributed by atoms with Crippen LogP contribution in [-0.2, 0) is 17.4 Å².